The molecule has 1 heterocycles. The zero-order valence-electron chi connectivity index (χ0n) is 17.0. The summed E-state index contributed by atoms with van der Waals surface area (Å²) in [5.41, 5.74) is 3.06. The Balaban J connectivity index is 1.54. The summed E-state index contributed by atoms with van der Waals surface area (Å²) >= 11 is 0. The lowest BCUT2D eigenvalue weighted by molar-refractivity contribution is -0.139. The first-order valence-corrected chi connectivity index (χ1v) is 9.70. The van der Waals surface area contributed by atoms with E-state index in [-0.39, 0.29) is 12.4 Å². The molecule has 1 saturated heterocycles. The van der Waals surface area contributed by atoms with Crippen molar-refractivity contribution in [3.05, 3.63) is 71.5 Å². The summed E-state index contributed by atoms with van der Waals surface area (Å²) in [4.78, 5) is 39.1. The van der Waals surface area contributed by atoms with Gasteiger partial charge in [-0.3, -0.25) is 19.9 Å². The number of urea groups is 1. The van der Waals surface area contributed by atoms with Gasteiger partial charge in [-0.1, -0.05) is 42.5 Å². The molecule has 1 unspecified atom stereocenters. The maximum Gasteiger partial charge on any atom is 0.344 e. The van der Waals surface area contributed by atoms with Gasteiger partial charge < -0.3 is 5.32 Å². The van der Waals surface area contributed by atoms with E-state index in [1.807, 2.05) is 30.3 Å². The molecule has 0 radical (unpaired) electrons. The van der Waals surface area contributed by atoms with E-state index in [1.54, 1.807) is 31.0 Å². The molecule has 7 nitrogen and oxygen atoms in total. The minimum atomic E-state index is -1.09. The highest BCUT2D eigenvalue weighted by atomic mass is 19.1. The standard InChI is InChI=1S/C22H25FN4O3/c1-22(12-11-16-7-4-3-5-8-16)20(29)27(21(30)24-22)25-19(28)15-26(2)14-17-9-6-10-18(23)13-17/h3-10,13H,11-12,14-15H2,1-2H3,(H,24,30)(H,25,28). The van der Waals surface area contributed by atoms with Crippen molar-refractivity contribution in [3.63, 3.8) is 0 Å². The number of hydrogen-bond donors (Lipinski definition) is 2. The molecule has 0 spiro atoms. The van der Waals surface area contributed by atoms with Crippen LogP contribution in [0.1, 0.15) is 24.5 Å². The normalized spacial score (nSPS) is 18.6. The molecule has 0 bridgehead atoms. The zero-order valence-corrected chi connectivity index (χ0v) is 17.0. The van der Waals surface area contributed by atoms with Gasteiger partial charge in [0.1, 0.15) is 11.4 Å². The first-order valence-electron chi connectivity index (χ1n) is 9.70. The van der Waals surface area contributed by atoms with Crippen LogP contribution in [0.4, 0.5) is 9.18 Å². The van der Waals surface area contributed by atoms with Crippen LogP contribution in [0.15, 0.2) is 54.6 Å². The summed E-state index contributed by atoms with van der Waals surface area (Å²) < 4.78 is 13.3. The lowest BCUT2D eigenvalue weighted by atomic mass is 9.93. The van der Waals surface area contributed by atoms with Crippen LogP contribution >= 0.6 is 0 Å². The van der Waals surface area contributed by atoms with Crippen molar-refractivity contribution >= 4 is 17.8 Å². The molecule has 0 saturated carbocycles. The molecule has 1 aliphatic heterocycles. The number of imide groups is 1. The highest BCUT2D eigenvalue weighted by Crippen LogP contribution is 2.22. The van der Waals surface area contributed by atoms with Crippen LogP contribution in [-0.4, -0.2) is 46.9 Å². The van der Waals surface area contributed by atoms with Crippen LogP contribution in [0.2, 0.25) is 0 Å². The molecule has 1 fully saturated rings. The first-order chi connectivity index (χ1) is 14.3. The fourth-order valence-electron chi connectivity index (χ4n) is 3.40. The Hall–Kier alpha value is -3.26. The van der Waals surface area contributed by atoms with Crippen molar-refractivity contribution < 1.29 is 18.8 Å². The van der Waals surface area contributed by atoms with Crippen LogP contribution < -0.4 is 10.7 Å². The van der Waals surface area contributed by atoms with Gasteiger partial charge in [0.2, 0.25) is 0 Å². The highest BCUT2D eigenvalue weighted by molar-refractivity contribution is 6.07. The second-order valence-electron chi connectivity index (χ2n) is 7.73. The molecule has 158 valence electrons. The van der Waals surface area contributed by atoms with Gasteiger partial charge >= 0.3 is 6.03 Å². The Morgan fingerprint density at radius 1 is 1.13 bits per heavy atom. The van der Waals surface area contributed by atoms with E-state index in [1.165, 1.54) is 12.1 Å². The van der Waals surface area contributed by atoms with E-state index in [2.05, 4.69) is 10.7 Å². The molecule has 4 amide bonds. The van der Waals surface area contributed by atoms with Crippen molar-refractivity contribution in [2.45, 2.75) is 31.8 Å². The van der Waals surface area contributed by atoms with Gasteiger partial charge in [-0.2, -0.15) is 5.01 Å². The minimum Gasteiger partial charge on any atom is -0.322 e. The van der Waals surface area contributed by atoms with Gasteiger partial charge in [-0.25, -0.2) is 9.18 Å². The molecule has 1 atom stereocenters. The van der Waals surface area contributed by atoms with Gasteiger partial charge in [-0.05, 0) is 50.1 Å². The molecule has 2 N–H and O–H groups in total. The maximum atomic E-state index is 13.3. The smallest absolute Gasteiger partial charge is 0.322 e. The van der Waals surface area contributed by atoms with Crippen molar-refractivity contribution in [3.8, 4) is 0 Å². The molecular weight excluding hydrogens is 387 g/mol. The number of carbonyl (C=O) groups is 3. The van der Waals surface area contributed by atoms with Gasteiger partial charge in [0.15, 0.2) is 0 Å². The quantitative estimate of drug-likeness (QED) is 0.652. The number of hydrogen-bond acceptors (Lipinski definition) is 4. The van der Waals surface area contributed by atoms with E-state index in [4.69, 9.17) is 0 Å². The van der Waals surface area contributed by atoms with Crippen molar-refractivity contribution in [2.24, 2.45) is 0 Å². The molecule has 1 aliphatic rings. The Bertz CT molecular complexity index is 937. The summed E-state index contributed by atoms with van der Waals surface area (Å²) in [6, 6.07) is 15.1. The largest absolute Gasteiger partial charge is 0.344 e. The van der Waals surface area contributed by atoms with Gasteiger partial charge in [0.25, 0.3) is 11.8 Å². The number of hydrazine groups is 1. The predicted molar refractivity (Wildman–Crippen MR) is 109 cm³/mol. The molecule has 2 aromatic carbocycles. The maximum absolute atomic E-state index is 13.3. The summed E-state index contributed by atoms with van der Waals surface area (Å²) in [5, 5.41) is 3.41. The molecule has 0 aromatic heterocycles. The predicted octanol–water partition coefficient (Wildman–Crippen LogP) is 2.23. The summed E-state index contributed by atoms with van der Waals surface area (Å²) in [5.74, 6) is -1.35. The fraction of sp³-hybridized carbons (Fsp3) is 0.318. The topological polar surface area (TPSA) is 81.8 Å². The van der Waals surface area contributed by atoms with Crippen LogP contribution in [-0.2, 0) is 22.6 Å². The fourth-order valence-corrected chi connectivity index (χ4v) is 3.40. The Labute approximate surface area is 174 Å². The summed E-state index contributed by atoms with van der Waals surface area (Å²) in [7, 11) is 1.69. The Kier molecular flexibility index (Phi) is 6.47. The monoisotopic (exact) mass is 412 g/mol. The second kappa shape index (κ2) is 9.04. The molecule has 2 aromatic rings. The van der Waals surface area contributed by atoms with E-state index >= 15 is 0 Å². The van der Waals surface area contributed by atoms with Crippen LogP contribution in [0.5, 0.6) is 0 Å². The molecule has 0 aliphatic carbocycles. The van der Waals surface area contributed by atoms with E-state index in [9.17, 15) is 18.8 Å². The molecule has 3 rings (SSSR count). The number of nitrogens with zero attached hydrogens (tertiary/aromatic N) is 2. The summed E-state index contributed by atoms with van der Waals surface area (Å²) in [6.45, 7) is 1.94. The van der Waals surface area contributed by atoms with Gasteiger partial charge in [0, 0.05) is 6.54 Å². The number of halogens is 1. The molecule has 30 heavy (non-hydrogen) atoms. The number of benzene rings is 2. The van der Waals surface area contributed by atoms with Crippen LogP contribution in [0.3, 0.4) is 0 Å². The van der Waals surface area contributed by atoms with Crippen molar-refractivity contribution in [1.82, 2.24) is 20.7 Å². The SMILES string of the molecule is CN(CC(=O)NN1C(=O)NC(C)(CCc2ccccc2)C1=O)Cc1cccc(F)c1. The van der Waals surface area contributed by atoms with Crippen molar-refractivity contribution in [2.75, 3.05) is 13.6 Å². The van der Waals surface area contributed by atoms with Crippen LogP contribution in [0, 0.1) is 5.82 Å². The Morgan fingerprint density at radius 2 is 1.83 bits per heavy atom. The lowest BCUT2D eigenvalue weighted by Gasteiger charge is -2.22. The number of amides is 4. The number of rotatable bonds is 8. The minimum absolute atomic E-state index is 0.0612. The third-order valence-corrected chi connectivity index (χ3v) is 5.01. The van der Waals surface area contributed by atoms with Crippen molar-refractivity contribution in [1.29, 1.82) is 0 Å². The van der Waals surface area contributed by atoms with Gasteiger partial charge in [0.05, 0.1) is 6.54 Å². The third-order valence-electron chi connectivity index (χ3n) is 5.01. The average Bonchev–Trinajstić information content (AvgIpc) is 2.90. The second-order valence-corrected chi connectivity index (χ2v) is 7.73. The van der Waals surface area contributed by atoms with Gasteiger partial charge in [-0.15, -0.1) is 0 Å². The zero-order chi connectivity index (χ0) is 21.7. The third kappa shape index (κ3) is 5.21. The van der Waals surface area contributed by atoms with E-state index in [0.717, 1.165) is 10.6 Å². The average molecular weight is 412 g/mol. The number of carbonyl (C=O) groups excluding carboxylic acids is 3. The lowest BCUT2D eigenvalue weighted by Crippen LogP contribution is -2.51. The number of likely N-dealkylation sites (N-methyl/N-ethyl adjacent to an activating group) is 1. The molecule has 8 heteroatoms. The van der Waals surface area contributed by atoms with Crippen LogP contribution in [0.25, 0.3) is 0 Å². The molecular formula is C22H25FN4O3. The summed E-state index contributed by atoms with van der Waals surface area (Å²) in [6.07, 6.45) is 1.02. The number of nitrogens with one attached hydrogen (secondary N) is 2. The van der Waals surface area contributed by atoms with E-state index < -0.39 is 23.4 Å². The van der Waals surface area contributed by atoms with E-state index in [0.29, 0.717) is 24.9 Å². The highest BCUT2D eigenvalue weighted by Gasteiger charge is 2.48. The number of aryl methyl sites for hydroxylation is 1. The first kappa shape index (κ1) is 21.4. The Morgan fingerprint density at radius 3 is 2.53 bits per heavy atom.